The van der Waals surface area contributed by atoms with E-state index in [1.807, 2.05) is 13.0 Å². The molecular formula is C20H32N2O4. The van der Waals surface area contributed by atoms with Gasteiger partial charge in [0.1, 0.15) is 5.60 Å². The van der Waals surface area contributed by atoms with E-state index in [0.29, 0.717) is 18.9 Å². The lowest BCUT2D eigenvalue weighted by Crippen LogP contribution is -2.59. The summed E-state index contributed by atoms with van der Waals surface area (Å²) in [6.45, 7) is 9.60. The van der Waals surface area contributed by atoms with Crippen molar-refractivity contribution in [2.75, 3.05) is 6.54 Å². The number of hydrogen-bond donors (Lipinski definition) is 2. The van der Waals surface area contributed by atoms with Gasteiger partial charge in [0.15, 0.2) is 5.78 Å². The molecule has 1 aliphatic rings. The maximum Gasteiger partial charge on any atom is 0.217 e. The van der Waals surface area contributed by atoms with Crippen molar-refractivity contribution in [1.29, 1.82) is 0 Å². The van der Waals surface area contributed by atoms with Crippen LogP contribution in [-0.4, -0.2) is 45.7 Å². The van der Waals surface area contributed by atoms with Crippen LogP contribution in [0.25, 0.3) is 0 Å². The van der Waals surface area contributed by atoms with Crippen LogP contribution in [0.15, 0.2) is 23.4 Å². The first kappa shape index (κ1) is 22.1. The summed E-state index contributed by atoms with van der Waals surface area (Å²) in [4.78, 5) is 37.8. The van der Waals surface area contributed by atoms with Gasteiger partial charge < -0.3 is 15.7 Å². The number of amides is 1. The Hall–Kier alpha value is -1.95. The molecule has 3 atom stereocenters. The molecule has 3 N–H and O–H groups in total. The third-order valence-electron chi connectivity index (χ3n) is 4.95. The van der Waals surface area contributed by atoms with Crippen LogP contribution in [-0.2, 0) is 14.4 Å². The van der Waals surface area contributed by atoms with Gasteiger partial charge in [0.05, 0.1) is 11.6 Å². The van der Waals surface area contributed by atoms with Gasteiger partial charge in [-0.05, 0) is 26.2 Å². The molecule has 0 fully saturated rings. The predicted molar refractivity (Wildman–Crippen MR) is 101 cm³/mol. The zero-order chi connectivity index (χ0) is 20.1. The maximum atomic E-state index is 12.8. The fraction of sp³-hybridized carbons (Fsp3) is 0.650. The lowest BCUT2D eigenvalue weighted by molar-refractivity contribution is -0.140. The first-order chi connectivity index (χ1) is 12.1. The van der Waals surface area contributed by atoms with Crippen molar-refractivity contribution in [1.82, 2.24) is 4.90 Å². The average molecular weight is 364 g/mol. The highest BCUT2D eigenvalue weighted by molar-refractivity contribution is 6.23. The summed E-state index contributed by atoms with van der Waals surface area (Å²) in [5.41, 5.74) is 4.39. The normalized spacial score (nSPS) is 25.1. The number of aliphatic hydroxyl groups is 1. The van der Waals surface area contributed by atoms with Crippen LogP contribution in [0, 0.1) is 5.92 Å². The van der Waals surface area contributed by atoms with Crippen LogP contribution in [0.1, 0.15) is 60.3 Å². The average Bonchev–Trinajstić information content (AvgIpc) is 2.56. The molecule has 0 saturated carbocycles. The Morgan fingerprint density at radius 1 is 1.42 bits per heavy atom. The molecule has 0 aliphatic carbocycles. The minimum atomic E-state index is -1.71. The number of nitrogens with zero attached hydrogens (tertiary/aromatic N) is 1. The lowest BCUT2D eigenvalue weighted by atomic mass is 9.78. The standard InChI is InChI=1S/C20H32N2O4/c1-6-13(3)11-14(4)18-20(5,26)19(25)15(16(23)7-2)12-22(18)10-8-9-17(21)24/h11-13,18,26H,6-10H2,1-5H3,(H2,21,24)/b14-11+. The topological polar surface area (TPSA) is 101 Å². The molecule has 146 valence electrons. The minimum Gasteiger partial charge on any atom is -0.379 e. The van der Waals surface area contributed by atoms with Gasteiger partial charge in [-0.3, -0.25) is 14.4 Å². The second-order valence-corrected chi connectivity index (χ2v) is 7.30. The summed E-state index contributed by atoms with van der Waals surface area (Å²) < 4.78 is 0. The summed E-state index contributed by atoms with van der Waals surface area (Å²) in [6.07, 6.45) is 5.42. The first-order valence-corrected chi connectivity index (χ1v) is 9.30. The van der Waals surface area contributed by atoms with Gasteiger partial charge in [-0.1, -0.05) is 38.8 Å². The van der Waals surface area contributed by atoms with Gasteiger partial charge in [0.25, 0.3) is 0 Å². The Kier molecular flexibility index (Phi) is 7.75. The van der Waals surface area contributed by atoms with Crippen molar-refractivity contribution in [3.8, 4) is 0 Å². The van der Waals surface area contributed by atoms with Crippen LogP contribution in [0.2, 0.25) is 0 Å². The minimum absolute atomic E-state index is 0.0177. The van der Waals surface area contributed by atoms with Crippen LogP contribution in [0.3, 0.4) is 0 Å². The van der Waals surface area contributed by atoms with Crippen molar-refractivity contribution in [2.45, 2.75) is 71.9 Å². The number of Topliss-reactive ketones (excluding diaryl/α,β-unsaturated/α-hetero) is 2. The fourth-order valence-corrected chi connectivity index (χ4v) is 3.40. The molecule has 0 spiro atoms. The van der Waals surface area contributed by atoms with E-state index < -0.39 is 23.3 Å². The van der Waals surface area contributed by atoms with Gasteiger partial charge in [0, 0.05) is 25.6 Å². The number of nitrogens with two attached hydrogens (primary N) is 1. The van der Waals surface area contributed by atoms with Crippen molar-refractivity contribution in [2.24, 2.45) is 11.7 Å². The third kappa shape index (κ3) is 5.04. The Morgan fingerprint density at radius 3 is 2.54 bits per heavy atom. The molecule has 6 nitrogen and oxygen atoms in total. The van der Waals surface area contributed by atoms with E-state index in [2.05, 4.69) is 13.8 Å². The van der Waals surface area contributed by atoms with Crippen molar-refractivity contribution in [3.05, 3.63) is 23.4 Å². The molecule has 0 aromatic heterocycles. The number of carbonyl (C=O) groups is 3. The van der Waals surface area contributed by atoms with Gasteiger partial charge >= 0.3 is 0 Å². The second-order valence-electron chi connectivity index (χ2n) is 7.30. The van der Waals surface area contributed by atoms with Crippen molar-refractivity contribution < 1.29 is 19.5 Å². The molecule has 1 aliphatic heterocycles. The SMILES string of the molecule is CCC(=O)C1=CN(CCCC(N)=O)C(/C(C)=C/C(C)CC)C(C)(O)C1=O. The Labute approximate surface area is 156 Å². The van der Waals surface area contributed by atoms with Crippen LogP contribution >= 0.6 is 0 Å². The zero-order valence-electron chi connectivity index (χ0n) is 16.5. The molecular weight excluding hydrogens is 332 g/mol. The quantitative estimate of drug-likeness (QED) is 0.482. The molecule has 26 heavy (non-hydrogen) atoms. The van der Waals surface area contributed by atoms with Crippen molar-refractivity contribution in [3.63, 3.8) is 0 Å². The van der Waals surface area contributed by atoms with Gasteiger partial charge in [0.2, 0.25) is 11.7 Å². The van der Waals surface area contributed by atoms with E-state index in [1.54, 1.807) is 18.0 Å². The number of allylic oxidation sites excluding steroid dienone is 1. The smallest absolute Gasteiger partial charge is 0.217 e. The first-order valence-electron chi connectivity index (χ1n) is 9.30. The van der Waals surface area contributed by atoms with Crippen LogP contribution in [0.5, 0.6) is 0 Å². The Balaban J connectivity index is 3.33. The number of ketones is 2. The number of carbonyl (C=O) groups excluding carboxylic acids is 3. The molecule has 6 heteroatoms. The summed E-state index contributed by atoms with van der Waals surface area (Å²) >= 11 is 0. The molecule has 1 amide bonds. The molecule has 0 bridgehead atoms. The Morgan fingerprint density at radius 2 is 2.04 bits per heavy atom. The molecule has 1 heterocycles. The predicted octanol–water partition coefficient (Wildman–Crippen LogP) is 2.11. The van der Waals surface area contributed by atoms with E-state index >= 15 is 0 Å². The second kappa shape index (κ2) is 9.12. The summed E-state index contributed by atoms with van der Waals surface area (Å²) in [5, 5.41) is 11.0. The molecule has 0 aromatic rings. The maximum absolute atomic E-state index is 12.8. The van der Waals surface area contributed by atoms with E-state index in [9.17, 15) is 19.5 Å². The van der Waals surface area contributed by atoms with Crippen molar-refractivity contribution >= 4 is 17.5 Å². The van der Waals surface area contributed by atoms with Gasteiger partial charge in [-0.25, -0.2) is 0 Å². The number of primary amides is 1. The largest absolute Gasteiger partial charge is 0.379 e. The summed E-state index contributed by atoms with van der Waals surface area (Å²) in [7, 11) is 0. The van der Waals surface area contributed by atoms with E-state index in [-0.39, 0.29) is 24.2 Å². The highest BCUT2D eigenvalue weighted by Gasteiger charge is 2.48. The molecule has 1 rings (SSSR count). The van der Waals surface area contributed by atoms with E-state index in [4.69, 9.17) is 5.73 Å². The molecule has 0 radical (unpaired) electrons. The highest BCUT2D eigenvalue weighted by Crippen LogP contribution is 2.33. The summed E-state index contributed by atoms with van der Waals surface area (Å²) in [5.74, 6) is -0.937. The summed E-state index contributed by atoms with van der Waals surface area (Å²) in [6, 6.07) is -0.578. The molecule has 0 aromatic carbocycles. The van der Waals surface area contributed by atoms with E-state index in [0.717, 1.165) is 12.0 Å². The highest BCUT2D eigenvalue weighted by atomic mass is 16.3. The third-order valence-corrected chi connectivity index (χ3v) is 4.95. The molecule has 0 saturated heterocycles. The van der Waals surface area contributed by atoms with Gasteiger partial charge in [-0.2, -0.15) is 0 Å². The van der Waals surface area contributed by atoms with Crippen LogP contribution < -0.4 is 5.73 Å². The van der Waals surface area contributed by atoms with Crippen LogP contribution in [0.4, 0.5) is 0 Å². The number of rotatable bonds is 9. The lowest BCUT2D eigenvalue weighted by Gasteiger charge is -2.44. The van der Waals surface area contributed by atoms with E-state index in [1.165, 1.54) is 6.92 Å². The zero-order valence-corrected chi connectivity index (χ0v) is 16.5. The molecule has 3 unspecified atom stereocenters. The van der Waals surface area contributed by atoms with Gasteiger partial charge in [-0.15, -0.1) is 0 Å². The monoisotopic (exact) mass is 364 g/mol. The fourth-order valence-electron chi connectivity index (χ4n) is 3.40. The Bertz CT molecular complexity index is 619. The number of hydrogen-bond acceptors (Lipinski definition) is 5.